The number of benzene rings is 1. The van der Waals surface area contributed by atoms with Gasteiger partial charge in [-0.25, -0.2) is 5.01 Å². The third-order valence-corrected chi connectivity index (χ3v) is 13.2. The molecule has 1 aromatic carbocycles. The van der Waals surface area contributed by atoms with Crippen molar-refractivity contribution in [3.05, 3.63) is 29.8 Å². The van der Waals surface area contributed by atoms with Crippen LogP contribution in [0.4, 0.5) is 0 Å². The molecule has 0 aliphatic carbocycles. The van der Waals surface area contributed by atoms with Gasteiger partial charge in [-0.15, -0.1) is 4.18 Å². The van der Waals surface area contributed by atoms with E-state index in [1.54, 1.807) is 6.92 Å². The number of hydrazine groups is 1. The predicted octanol–water partition coefficient (Wildman–Crippen LogP) is 6.08. The maximum absolute atomic E-state index is 11.4. The first kappa shape index (κ1) is 23.8. The van der Waals surface area contributed by atoms with Gasteiger partial charge in [0.15, 0.2) is 5.78 Å². The molecule has 0 amide bonds. The number of carbonyl (C=O) groups excluding carboxylic acids is 1. The Bertz CT molecular complexity index is 758. The maximum Gasteiger partial charge on any atom is 0.159 e. The molecule has 3 aliphatic rings. The van der Waals surface area contributed by atoms with E-state index < -0.39 is 0 Å². The maximum atomic E-state index is 11.4. The Kier molecular flexibility index (Phi) is 7.32. The minimum Gasteiger partial charge on any atom is -0.494 e. The van der Waals surface area contributed by atoms with E-state index in [2.05, 4.69) is 64.9 Å². The van der Waals surface area contributed by atoms with E-state index in [-0.39, 0.29) is 13.2 Å². The van der Waals surface area contributed by atoms with Gasteiger partial charge in [0.05, 0.1) is 6.61 Å². The molecule has 0 saturated carbocycles. The number of hydrogen-bond donors (Lipinski definition) is 0. The lowest BCUT2D eigenvalue weighted by atomic mass is 10.0. The van der Waals surface area contributed by atoms with Crippen molar-refractivity contribution in [2.45, 2.75) is 63.4 Å². The number of Topliss-reactive ketones (excluding diaryl/α,β-unsaturated/α-hetero) is 1. The predicted molar refractivity (Wildman–Crippen MR) is 135 cm³/mol. The van der Waals surface area contributed by atoms with Crippen molar-refractivity contribution in [2.24, 2.45) is 5.92 Å². The van der Waals surface area contributed by atoms with Gasteiger partial charge in [0.1, 0.15) is 13.2 Å². The number of rotatable bonds is 7. The van der Waals surface area contributed by atoms with Crippen LogP contribution in [-0.4, -0.2) is 61.9 Å². The molecular weight excluding hydrogens is 445 g/mol. The molecule has 31 heavy (non-hydrogen) atoms. The molecule has 2 atom stereocenters. The Hall–Kier alpha value is -0.300. The number of unbranched alkanes of at least 4 members (excludes halogenated alkanes) is 1. The lowest BCUT2D eigenvalue weighted by Crippen LogP contribution is -2.35. The van der Waals surface area contributed by atoms with Crippen molar-refractivity contribution < 1.29 is 9.53 Å². The van der Waals surface area contributed by atoms with Crippen LogP contribution in [0.15, 0.2) is 24.3 Å². The summed E-state index contributed by atoms with van der Waals surface area (Å²) in [7, 11) is -0.296. The number of ether oxygens (including phenoxy) is 1. The molecule has 0 radical (unpaired) electrons. The number of nitrogens with zero attached hydrogens (tertiary/aromatic N) is 3. The Morgan fingerprint density at radius 1 is 1.10 bits per heavy atom. The number of ketones is 1. The molecule has 3 saturated heterocycles. The summed E-state index contributed by atoms with van der Waals surface area (Å²) in [5, 5.41) is 2.66. The highest BCUT2D eigenvalue weighted by Gasteiger charge is 2.51. The molecule has 0 spiro atoms. The van der Waals surface area contributed by atoms with Crippen molar-refractivity contribution in [1.29, 1.82) is 0 Å². The molecule has 0 aromatic heterocycles. The van der Waals surface area contributed by atoms with Gasteiger partial charge in [0, 0.05) is 41.2 Å². The van der Waals surface area contributed by atoms with Crippen molar-refractivity contribution in [3.63, 3.8) is 0 Å². The lowest BCUT2D eigenvalue weighted by molar-refractivity contribution is 0.101. The third kappa shape index (κ3) is 5.99. The number of hydrogen-bond acceptors (Lipinski definition) is 7. The quantitative estimate of drug-likeness (QED) is 0.202. The second-order valence-electron chi connectivity index (χ2n) is 10.2. The minimum atomic E-state index is -0.296. The van der Waals surface area contributed by atoms with Crippen LogP contribution in [0.25, 0.3) is 0 Å². The van der Waals surface area contributed by atoms with E-state index in [9.17, 15) is 4.79 Å². The molecule has 4 rings (SSSR count). The number of fused-ring (bicyclic) bond motifs is 3. The van der Waals surface area contributed by atoms with Crippen LogP contribution < -0.4 is 4.74 Å². The van der Waals surface area contributed by atoms with Crippen molar-refractivity contribution in [2.75, 3.05) is 32.8 Å². The molecular formula is C23H36N3O2PS2. The molecule has 5 nitrogen and oxygen atoms in total. The van der Waals surface area contributed by atoms with Crippen LogP contribution in [0, 0.1) is 5.92 Å². The van der Waals surface area contributed by atoms with Crippen LogP contribution in [-0.2, 0) is 0 Å². The van der Waals surface area contributed by atoms with Gasteiger partial charge in [-0.3, -0.25) is 9.46 Å². The molecule has 3 heterocycles. The van der Waals surface area contributed by atoms with Crippen LogP contribution in [0.1, 0.15) is 64.2 Å². The van der Waals surface area contributed by atoms with Gasteiger partial charge in [-0.1, -0.05) is 11.4 Å². The summed E-state index contributed by atoms with van der Waals surface area (Å²) < 4.78 is 12.0. The topological polar surface area (TPSA) is 36.0 Å². The van der Waals surface area contributed by atoms with E-state index in [0.29, 0.717) is 15.4 Å². The minimum absolute atomic E-state index is 0.0942. The molecule has 2 unspecified atom stereocenters. The van der Waals surface area contributed by atoms with Gasteiger partial charge < -0.3 is 4.74 Å². The SMILES string of the molecule is CC(=O)c1ccc(OCCCCC2CN3CC(C)(C)SN3P3SC(C)(C)CN3C2)cc1. The van der Waals surface area contributed by atoms with Crippen LogP contribution >= 0.6 is 30.8 Å². The molecule has 1 aromatic rings. The lowest BCUT2D eigenvalue weighted by Gasteiger charge is -2.31. The fourth-order valence-electron chi connectivity index (χ4n) is 4.52. The smallest absolute Gasteiger partial charge is 0.159 e. The van der Waals surface area contributed by atoms with Gasteiger partial charge in [0.2, 0.25) is 0 Å². The van der Waals surface area contributed by atoms with E-state index in [1.807, 2.05) is 24.3 Å². The molecule has 0 N–H and O–H groups in total. The van der Waals surface area contributed by atoms with E-state index in [0.717, 1.165) is 30.9 Å². The van der Waals surface area contributed by atoms with Crippen molar-refractivity contribution >= 4 is 36.5 Å². The summed E-state index contributed by atoms with van der Waals surface area (Å²) in [6.45, 7) is 16.7. The summed E-state index contributed by atoms with van der Waals surface area (Å²) in [5.74, 6) is 1.67. The summed E-state index contributed by atoms with van der Waals surface area (Å²) in [6.07, 6.45) is 3.53. The fourth-order valence-corrected chi connectivity index (χ4v) is 12.3. The second kappa shape index (κ2) is 9.52. The Morgan fingerprint density at radius 3 is 2.55 bits per heavy atom. The van der Waals surface area contributed by atoms with Crippen LogP contribution in [0.3, 0.4) is 0 Å². The van der Waals surface area contributed by atoms with Gasteiger partial charge in [0.25, 0.3) is 0 Å². The zero-order chi connectivity index (χ0) is 22.2. The first-order valence-electron chi connectivity index (χ1n) is 11.3. The zero-order valence-electron chi connectivity index (χ0n) is 19.5. The normalized spacial score (nSPS) is 28.2. The van der Waals surface area contributed by atoms with Crippen molar-refractivity contribution in [1.82, 2.24) is 13.9 Å². The third-order valence-electron chi connectivity index (χ3n) is 5.89. The fraction of sp³-hybridized carbons (Fsp3) is 0.696. The van der Waals surface area contributed by atoms with Crippen LogP contribution in [0.2, 0.25) is 0 Å². The summed E-state index contributed by atoms with van der Waals surface area (Å²) >= 11 is 4.25. The highest BCUT2D eigenvalue weighted by molar-refractivity contribution is 8.56. The molecule has 3 fully saturated rings. The molecule has 8 heteroatoms. The largest absolute Gasteiger partial charge is 0.494 e. The average molecular weight is 482 g/mol. The van der Waals surface area contributed by atoms with E-state index in [1.165, 1.54) is 32.5 Å². The summed E-state index contributed by atoms with van der Waals surface area (Å²) in [6, 6.07) is 7.49. The molecule has 172 valence electrons. The zero-order valence-corrected chi connectivity index (χ0v) is 22.0. The van der Waals surface area contributed by atoms with E-state index in [4.69, 9.17) is 4.74 Å². The first-order valence-corrected chi connectivity index (χ1v) is 14.8. The highest BCUT2D eigenvalue weighted by atomic mass is 32.7. The average Bonchev–Trinajstić information content (AvgIpc) is 3.11. The van der Waals surface area contributed by atoms with E-state index >= 15 is 0 Å². The highest BCUT2D eigenvalue weighted by Crippen LogP contribution is 2.72. The Labute approximate surface area is 197 Å². The Morgan fingerprint density at radius 2 is 1.84 bits per heavy atom. The van der Waals surface area contributed by atoms with Crippen LogP contribution in [0.5, 0.6) is 5.75 Å². The summed E-state index contributed by atoms with van der Waals surface area (Å²) in [5.41, 5.74) is 0.737. The van der Waals surface area contributed by atoms with Gasteiger partial charge >= 0.3 is 0 Å². The Balaban J connectivity index is 1.28. The molecule has 3 aliphatic heterocycles. The monoisotopic (exact) mass is 481 g/mol. The van der Waals surface area contributed by atoms with Crippen molar-refractivity contribution in [3.8, 4) is 5.75 Å². The van der Waals surface area contributed by atoms with Gasteiger partial charge in [-0.05, 0) is 96.0 Å². The second-order valence-corrected chi connectivity index (χ2v) is 16.4. The number of carbonyl (C=O) groups is 1. The first-order chi connectivity index (χ1) is 14.6. The van der Waals surface area contributed by atoms with Gasteiger partial charge in [-0.2, -0.15) is 0 Å². The summed E-state index contributed by atoms with van der Waals surface area (Å²) in [4.78, 5) is 11.4. The standard InChI is InChI=1S/C23H36N3O2PS2/c1-18(27)20-9-11-21(12-10-20)28-13-7-6-8-19-14-24-16-22(2,3)30-26(24)29-25(15-19)17-23(4,5)31-29/h9-12,19H,6-8,13-17H2,1-5H3. The molecule has 0 bridgehead atoms.